The molecule has 0 spiro atoms. The first-order chi connectivity index (χ1) is 16.7. The Bertz CT molecular complexity index is 1500. The van der Waals surface area contributed by atoms with Crippen LogP contribution in [0, 0.1) is 0 Å². The van der Waals surface area contributed by atoms with Crippen LogP contribution in [0.3, 0.4) is 0 Å². The van der Waals surface area contributed by atoms with Crippen molar-refractivity contribution >= 4 is 33.9 Å². The lowest BCUT2D eigenvalue weighted by atomic mass is 9.82. The fourth-order valence-electron chi connectivity index (χ4n) is 4.49. The van der Waals surface area contributed by atoms with Crippen molar-refractivity contribution in [1.29, 1.82) is 0 Å². The van der Waals surface area contributed by atoms with E-state index in [0.29, 0.717) is 16.7 Å². The van der Waals surface area contributed by atoms with Gasteiger partial charge in [-0.1, -0.05) is 60.1 Å². The molecule has 1 aliphatic heterocycles. The fraction of sp³-hybridized carbons (Fsp3) is 0.0714. The molecule has 1 N–H and O–H groups in total. The highest BCUT2D eigenvalue weighted by Crippen LogP contribution is 2.51. The van der Waals surface area contributed by atoms with Crippen LogP contribution in [0.25, 0.3) is 10.8 Å². The van der Waals surface area contributed by atoms with E-state index < -0.39 is 0 Å². The highest BCUT2D eigenvalue weighted by Gasteiger charge is 2.34. The van der Waals surface area contributed by atoms with E-state index in [1.165, 1.54) is 6.33 Å². The second kappa shape index (κ2) is 8.36. The van der Waals surface area contributed by atoms with E-state index >= 15 is 0 Å². The van der Waals surface area contributed by atoms with Crippen LogP contribution >= 0.6 is 11.6 Å². The van der Waals surface area contributed by atoms with Crippen molar-refractivity contribution in [2.75, 3.05) is 12.4 Å². The smallest absolute Gasteiger partial charge is 0.228 e. The molecule has 0 saturated carbocycles. The molecule has 2 heterocycles. The Balaban J connectivity index is 1.54. The highest BCUT2D eigenvalue weighted by atomic mass is 35.5. The van der Waals surface area contributed by atoms with Gasteiger partial charge in [0.15, 0.2) is 0 Å². The number of methoxy groups -OCH3 is 1. The zero-order valence-electron chi connectivity index (χ0n) is 18.3. The average molecular weight is 466 g/mol. The third-order valence-corrected chi connectivity index (χ3v) is 6.36. The maximum atomic E-state index is 6.44. The average Bonchev–Trinajstić information content (AvgIpc) is 2.88. The number of rotatable bonds is 4. The van der Waals surface area contributed by atoms with Crippen molar-refractivity contribution in [2.24, 2.45) is 0 Å². The van der Waals surface area contributed by atoms with Gasteiger partial charge in [0.2, 0.25) is 5.88 Å². The lowest BCUT2D eigenvalue weighted by Gasteiger charge is -2.30. The molecule has 0 aliphatic carbocycles. The lowest BCUT2D eigenvalue weighted by molar-refractivity contribution is 0.415. The molecule has 6 rings (SSSR count). The quantitative estimate of drug-likeness (QED) is 0.295. The first-order valence-corrected chi connectivity index (χ1v) is 11.3. The second-order valence-corrected chi connectivity index (χ2v) is 8.52. The first kappa shape index (κ1) is 20.5. The largest absolute Gasteiger partial charge is 0.497 e. The van der Waals surface area contributed by atoms with Gasteiger partial charge in [0.25, 0.3) is 0 Å². The number of nitrogens with zero attached hydrogens (tertiary/aromatic N) is 2. The number of ether oxygens (including phenoxy) is 2. The third-order valence-electron chi connectivity index (χ3n) is 6.11. The van der Waals surface area contributed by atoms with Gasteiger partial charge in [-0.15, -0.1) is 0 Å². The number of aromatic nitrogens is 2. The Morgan fingerprint density at radius 2 is 1.68 bits per heavy atom. The molecule has 0 amide bonds. The zero-order valence-corrected chi connectivity index (χ0v) is 19.1. The number of hydrogen-bond donors (Lipinski definition) is 1. The van der Waals surface area contributed by atoms with Crippen LogP contribution < -0.4 is 14.8 Å². The van der Waals surface area contributed by atoms with Gasteiger partial charge < -0.3 is 14.8 Å². The van der Waals surface area contributed by atoms with Crippen LogP contribution in [0.1, 0.15) is 22.6 Å². The topological polar surface area (TPSA) is 56.3 Å². The number of benzene rings is 4. The summed E-state index contributed by atoms with van der Waals surface area (Å²) in [6, 6.07) is 28.1. The molecule has 5 nitrogen and oxygen atoms in total. The van der Waals surface area contributed by atoms with Crippen molar-refractivity contribution in [2.45, 2.75) is 5.92 Å². The number of halogens is 1. The van der Waals surface area contributed by atoms with Crippen LogP contribution in [-0.4, -0.2) is 17.1 Å². The number of nitrogens with one attached hydrogen (secondary N) is 1. The van der Waals surface area contributed by atoms with Gasteiger partial charge in [0.05, 0.1) is 12.7 Å². The molecule has 1 atom stereocenters. The third kappa shape index (κ3) is 3.51. The maximum Gasteiger partial charge on any atom is 0.228 e. The summed E-state index contributed by atoms with van der Waals surface area (Å²) in [5.41, 5.74) is 3.91. The monoisotopic (exact) mass is 465 g/mol. The van der Waals surface area contributed by atoms with Crippen molar-refractivity contribution < 1.29 is 9.47 Å². The Morgan fingerprint density at radius 1 is 0.882 bits per heavy atom. The molecule has 6 heteroatoms. The molecular formula is C28H20ClN3O2. The molecular weight excluding hydrogens is 446 g/mol. The van der Waals surface area contributed by atoms with Crippen LogP contribution in [0.4, 0.5) is 11.5 Å². The molecule has 0 saturated heterocycles. The van der Waals surface area contributed by atoms with Gasteiger partial charge in [-0.05, 0) is 47.3 Å². The summed E-state index contributed by atoms with van der Waals surface area (Å²) in [6.07, 6.45) is 1.53. The molecule has 5 aromatic rings. The Hall–Kier alpha value is -4.09. The van der Waals surface area contributed by atoms with E-state index in [1.54, 1.807) is 7.11 Å². The van der Waals surface area contributed by atoms with E-state index in [9.17, 15) is 0 Å². The predicted octanol–water partition coefficient (Wildman–Crippen LogP) is 7.32. The normalized spacial score (nSPS) is 14.1. The van der Waals surface area contributed by atoms with Crippen LogP contribution in [-0.2, 0) is 0 Å². The molecule has 4 aromatic carbocycles. The summed E-state index contributed by atoms with van der Waals surface area (Å²) in [4.78, 5) is 9.13. The Labute approximate surface area is 202 Å². The zero-order chi connectivity index (χ0) is 23.1. The molecule has 0 bridgehead atoms. The van der Waals surface area contributed by atoms with Gasteiger partial charge in [-0.2, -0.15) is 0 Å². The van der Waals surface area contributed by atoms with E-state index in [2.05, 4.69) is 39.6 Å². The van der Waals surface area contributed by atoms with Crippen molar-refractivity contribution in [1.82, 2.24) is 9.97 Å². The molecule has 166 valence electrons. The SMILES string of the molecule is COc1ccc(Nc2ncnc3c2C(c2ccc(Cl)cc2)c2ccc4ccccc4c2O3)cc1. The standard InChI is InChI=1S/C28H20ClN3O2/c1-33-21-13-11-20(12-14-21)32-27-25-24(18-6-9-19(29)10-7-18)23-15-8-17-4-2-3-5-22(17)26(23)34-28(25)31-16-30-27/h2-16,24H,1H3,(H,30,31,32). The predicted molar refractivity (Wildman–Crippen MR) is 135 cm³/mol. The van der Waals surface area contributed by atoms with Gasteiger partial charge in [0.1, 0.15) is 23.6 Å². The maximum absolute atomic E-state index is 6.44. The summed E-state index contributed by atoms with van der Waals surface area (Å²) >= 11 is 6.22. The second-order valence-electron chi connectivity index (χ2n) is 8.09. The molecule has 1 aromatic heterocycles. The number of fused-ring (bicyclic) bond motifs is 4. The molecule has 0 fully saturated rings. The summed E-state index contributed by atoms with van der Waals surface area (Å²) < 4.78 is 11.7. The molecule has 1 aliphatic rings. The minimum absolute atomic E-state index is 0.137. The van der Waals surface area contributed by atoms with Crippen LogP contribution in [0.2, 0.25) is 5.02 Å². The first-order valence-electron chi connectivity index (χ1n) is 10.9. The molecule has 0 radical (unpaired) electrons. The van der Waals surface area contributed by atoms with Crippen molar-refractivity contribution in [3.05, 3.63) is 113 Å². The van der Waals surface area contributed by atoms with E-state index in [0.717, 1.165) is 44.6 Å². The van der Waals surface area contributed by atoms with E-state index in [4.69, 9.17) is 21.1 Å². The van der Waals surface area contributed by atoms with Gasteiger partial charge in [0, 0.05) is 27.6 Å². The van der Waals surface area contributed by atoms with Crippen molar-refractivity contribution in [3.63, 3.8) is 0 Å². The van der Waals surface area contributed by atoms with Crippen LogP contribution in [0.5, 0.6) is 17.4 Å². The summed E-state index contributed by atoms with van der Waals surface area (Å²) in [7, 11) is 1.65. The van der Waals surface area contributed by atoms with Gasteiger partial charge in [-0.3, -0.25) is 0 Å². The number of anilines is 2. The minimum Gasteiger partial charge on any atom is -0.497 e. The summed E-state index contributed by atoms with van der Waals surface area (Å²) in [5, 5.41) is 6.31. The fourth-order valence-corrected chi connectivity index (χ4v) is 4.61. The van der Waals surface area contributed by atoms with Gasteiger partial charge >= 0.3 is 0 Å². The Morgan fingerprint density at radius 3 is 2.47 bits per heavy atom. The molecule has 34 heavy (non-hydrogen) atoms. The van der Waals surface area contributed by atoms with Crippen molar-refractivity contribution in [3.8, 4) is 17.4 Å². The Kier molecular flexibility index (Phi) is 5.04. The summed E-state index contributed by atoms with van der Waals surface area (Å²) in [5.74, 6) is 2.70. The minimum atomic E-state index is -0.137. The highest BCUT2D eigenvalue weighted by molar-refractivity contribution is 6.30. The summed E-state index contributed by atoms with van der Waals surface area (Å²) in [6.45, 7) is 0. The lowest BCUT2D eigenvalue weighted by Crippen LogP contribution is -2.16. The van der Waals surface area contributed by atoms with Crippen LogP contribution in [0.15, 0.2) is 91.3 Å². The van der Waals surface area contributed by atoms with Gasteiger partial charge in [-0.25, -0.2) is 9.97 Å². The van der Waals surface area contributed by atoms with E-state index in [1.807, 2.05) is 60.7 Å². The number of hydrogen-bond acceptors (Lipinski definition) is 5. The molecule has 1 unspecified atom stereocenters. The van der Waals surface area contributed by atoms with E-state index in [-0.39, 0.29) is 5.92 Å².